The lowest BCUT2D eigenvalue weighted by Crippen LogP contribution is -2.36. The Morgan fingerprint density at radius 2 is 2.00 bits per heavy atom. The second kappa shape index (κ2) is 9.78. The molecule has 5 heteroatoms. The van der Waals surface area contributed by atoms with Crippen LogP contribution in [0.2, 0.25) is 0 Å². The van der Waals surface area contributed by atoms with Crippen LogP contribution in [-0.2, 0) is 9.53 Å². The van der Waals surface area contributed by atoms with Gasteiger partial charge in [0.1, 0.15) is 0 Å². The van der Waals surface area contributed by atoms with Crippen LogP contribution in [0.1, 0.15) is 24.9 Å². The Morgan fingerprint density at radius 1 is 1.37 bits per heavy atom. The first kappa shape index (κ1) is 17.9. The third-order valence-electron chi connectivity index (χ3n) is 2.96. The van der Waals surface area contributed by atoms with Crippen LogP contribution >= 0.6 is 12.4 Å². The van der Waals surface area contributed by atoms with Gasteiger partial charge in [-0.25, -0.2) is 0 Å². The SMILES string of the molecule is COCCCNC(=O)C(C)C(N)c1ccccc1.Cl. The van der Waals surface area contributed by atoms with Gasteiger partial charge in [0.25, 0.3) is 0 Å². The van der Waals surface area contributed by atoms with Gasteiger partial charge in [-0.2, -0.15) is 0 Å². The number of hydrogen-bond donors (Lipinski definition) is 2. The zero-order valence-corrected chi connectivity index (χ0v) is 12.3. The molecule has 0 bridgehead atoms. The summed E-state index contributed by atoms with van der Waals surface area (Å²) in [5.41, 5.74) is 7.07. The van der Waals surface area contributed by atoms with Crippen LogP contribution in [0.3, 0.4) is 0 Å². The Hall–Kier alpha value is -1.10. The number of hydrogen-bond acceptors (Lipinski definition) is 3. The van der Waals surface area contributed by atoms with Gasteiger partial charge >= 0.3 is 0 Å². The van der Waals surface area contributed by atoms with E-state index in [1.54, 1.807) is 7.11 Å². The maximum Gasteiger partial charge on any atom is 0.224 e. The van der Waals surface area contributed by atoms with E-state index in [2.05, 4.69) is 5.32 Å². The van der Waals surface area contributed by atoms with Crippen molar-refractivity contribution in [2.45, 2.75) is 19.4 Å². The van der Waals surface area contributed by atoms with Crippen molar-refractivity contribution in [1.29, 1.82) is 0 Å². The van der Waals surface area contributed by atoms with Gasteiger partial charge in [-0.3, -0.25) is 4.79 Å². The lowest BCUT2D eigenvalue weighted by Gasteiger charge is -2.19. The molecular weight excluding hydrogens is 264 g/mol. The minimum absolute atomic E-state index is 0. The largest absolute Gasteiger partial charge is 0.385 e. The van der Waals surface area contributed by atoms with Crippen LogP contribution in [0.4, 0.5) is 0 Å². The van der Waals surface area contributed by atoms with Crippen molar-refractivity contribution in [3.05, 3.63) is 35.9 Å². The van der Waals surface area contributed by atoms with Crippen molar-refractivity contribution in [2.24, 2.45) is 11.7 Å². The van der Waals surface area contributed by atoms with Gasteiger partial charge in [-0.05, 0) is 12.0 Å². The normalized spacial score (nSPS) is 13.2. The van der Waals surface area contributed by atoms with E-state index < -0.39 is 0 Å². The summed E-state index contributed by atoms with van der Waals surface area (Å²) in [6.45, 7) is 3.13. The van der Waals surface area contributed by atoms with Gasteiger partial charge in [-0.1, -0.05) is 37.3 Å². The summed E-state index contributed by atoms with van der Waals surface area (Å²) in [5.74, 6) is -0.252. The molecule has 1 amide bonds. The van der Waals surface area contributed by atoms with Crippen molar-refractivity contribution in [1.82, 2.24) is 5.32 Å². The highest BCUT2D eigenvalue weighted by atomic mass is 35.5. The molecule has 0 aliphatic heterocycles. The summed E-state index contributed by atoms with van der Waals surface area (Å²) in [6.07, 6.45) is 0.815. The molecule has 0 saturated heterocycles. The molecule has 0 radical (unpaired) electrons. The van der Waals surface area contributed by atoms with E-state index in [9.17, 15) is 4.79 Å². The molecule has 3 N–H and O–H groups in total. The van der Waals surface area contributed by atoms with E-state index in [4.69, 9.17) is 10.5 Å². The molecular formula is C14H23ClN2O2. The number of carbonyl (C=O) groups is 1. The fourth-order valence-electron chi connectivity index (χ4n) is 1.72. The Bertz CT molecular complexity index is 360. The fraction of sp³-hybridized carbons (Fsp3) is 0.500. The summed E-state index contributed by atoms with van der Waals surface area (Å²) >= 11 is 0. The number of halogens is 1. The Balaban J connectivity index is 0.00000324. The summed E-state index contributed by atoms with van der Waals surface area (Å²) in [7, 11) is 1.65. The topological polar surface area (TPSA) is 64.3 Å². The van der Waals surface area contributed by atoms with Crippen molar-refractivity contribution >= 4 is 18.3 Å². The number of benzene rings is 1. The summed E-state index contributed by atoms with van der Waals surface area (Å²) in [4.78, 5) is 11.9. The zero-order chi connectivity index (χ0) is 13.4. The van der Waals surface area contributed by atoms with Crippen LogP contribution in [0.5, 0.6) is 0 Å². The molecule has 2 atom stereocenters. The number of nitrogens with one attached hydrogen (secondary N) is 1. The first-order valence-corrected chi connectivity index (χ1v) is 6.24. The number of methoxy groups -OCH3 is 1. The first-order valence-electron chi connectivity index (χ1n) is 6.24. The molecule has 19 heavy (non-hydrogen) atoms. The maximum atomic E-state index is 11.9. The predicted molar refractivity (Wildman–Crippen MR) is 79.3 cm³/mol. The average molecular weight is 287 g/mol. The third kappa shape index (κ3) is 6.05. The van der Waals surface area contributed by atoms with E-state index >= 15 is 0 Å². The standard InChI is InChI=1S/C14H22N2O2.ClH/c1-11(14(17)16-9-6-10-18-2)13(15)12-7-4-3-5-8-12;/h3-5,7-8,11,13H,6,9-10,15H2,1-2H3,(H,16,17);1H. The van der Waals surface area contributed by atoms with Crippen molar-refractivity contribution < 1.29 is 9.53 Å². The van der Waals surface area contributed by atoms with Crippen molar-refractivity contribution in [3.8, 4) is 0 Å². The minimum atomic E-state index is -0.270. The van der Waals surface area contributed by atoms with Gasteiger partial charge < -0.3 is 15.8 Å². The molecule has 0 heterocycles. The molecule has 4 nitrogen and oxygen atoms in total. The van der Waals surface area contributed by atoms with E-state index in [0.29, 0.717) is 13.2 Å². The molecule has 0 fully saturated rings. The smallest absolute Gasteiger partial charge is 0.224 e. The van der Waals surface area contributed by atoms with Gasteiger partial charge in [0.2, 0.25) is 5.91 Å². The molecule has 0 aromatic heterocycles. The molecule has 2 unspecified atom stereocenters. The number of rotatable bonds is 7. The molecule has 0 aliphatic carbocycles. The summed E-state index contributed by atoms with van der Waals surface area (Å²) < 4.78 is 4.92. The number of ether oxygens (including phenoxy) is 1. The highest BCUT2D eigenvalue weighted by Gasteiger charge is 2.21. The van der Waals surface area contributed by atoms with E-state index in [1.807, 2.05) is 37.3 Å². The van der Waals surface area contributed by atoms with Crippen LogP contribution in [-0.4, -0.2) is 26.2 Å². The Kier molecular flexibility index (Phi) is 9.21. The zero-order valence-electron chi connectivity index (χ0n) is 11.5. The highest BCUT2D eigenvalue weighted by molar-refractivity contribution is 5.85. The average Bonchev–Trinajstić information content (AvgIpc) is 2.42. The predicted octanol–water partition coefficient (Wildman–Crippen LogP) is 1.90. The molecule has 1 rings (SSSR count). The van der Waals surface area contributed by atoms with Crippen LogP contribution in [0.25, 0.3) is 0 Å². The maximum absolute atomic E-state index is 11.9. The van der Waals surface area contributed by atoms with Crippen molar-refractivity contribution in [3.63, 3.8) is 0 Å². The second-order valence-corrected chi connectivity index (χ2v) is 4.36. The number of nitrogens with two attached hydrogens (primary N) is 1. The van der Waals surface area contributed by atoms with Crippen LogP contribution in [0, 0.1) is 5.92 Å². The molecule has 1 aromatic rings. The Labute approximate surface area is 121 Å². The van der Waals surface area contributed by atoms with E-state index in [1.165, 1.54) is 0 Å². The first-order chi connectivity index (χ1) is 8.66. The quantitative estimate of drug-likeness (QED) is 0.753. The van der Waals surface area contributed by atoms with Crippen LogP contribution in [0.15, 0.2) is 30.3 Å². The highest BCUT2D eigenvalue weighted by Crippen LogP contribution is 2.18. The molecule has 0 aliphatic rings. The van der Waals surface area contributed by atoms with Gasteiger partial charge in [-0.15, -0.1) is 12.4 Å². The number of amides is 1. The lowest BCUT2D eigenvalue weighted by atomic mass is 9.95. The fourth-order valence-corrected chi connectivity index (χ4v) is 1.72. The van der Waals surface area contributed by atoms with E-state index in [0.717, 1.165) is 12.0 Å². The van der Waals surface area contributed by atoms with Crippen molar-refractivity contribution in [2.75, 3.05) is 20.3 Å². The van der Waals surface area contributed by atoms with E-state index in [-0.39, 0.29) is 30.3 Å². The van der Waals surface area contributed by atoms with Gasteiger partial charge in [0, 0.05) is 26.3 Å². The monoisotopic (exact) mass is 286 g/mol. The Morgan fingerprint density at radius 3 is 2.58 bits per heavy atom. The molecule has 1 aromatic carbocycles. The summed E-state index contributed by atoms with van der Waals surface area (Å²) in [5, 5.41) is 2.87. The molecule has 0 saturated carbocycles. The number of carbonyl (C=O) groups excluding carboxylic acids is 1. The molecule has 108 valence electrons. The molecule has 0 spiro atoms. The minimum Gasteiger partial charge on any atom is -0.385 e. The third-order valence-corrected chi connectivity index (χ3v) is 2.96. The van der Waals surface area contributed by atoms with Gasteiger partial charge in [0.05, 0.1) is 5.92 Å². The second-order valence-electron chi connectivity index (χ2n) is 4.36. The van der Waals surface area contributed by atoms with Gasteiger partial charge in [0.15, 0.2) is 0 Å². The summed E-state index contributed by atoms with van der Waals surface area (Å²) in [6, 6.07) is 9.41. The lowest BCUT2D eigenvalue weighted by molar-refractivity contribution is -0.125. The van der Waals surface area contributed by atoms with Crippen LogP contribution < -0.4 is 11.1 Å².